The first-order chi connectivity index (χ1) is 10.8. The maximum absolute atomic E-state index is 12.2. The van der Waals surface area contributed by atoms with Crippen molar-refractivity contribution in [2.45, 2.75) is 25.7 Å². The summed E-state index contributed by atoms with van der Waals surface area (Å²) in [4.78, 5) is 18.9. The Morgan fingerprint density at radius 2 is 2.23 bits per heavy atom. The average Bonchev–Trinajstić information content (AvgIpc) is 2.99. The third kappa shape index (κ3) is 3.28. The van der Waals surface area contributed by atoms with Gasteiger partial charge in [0.1, 0.15) is 0 Å². The number of hydrogen-bond donors (Lipinski definition) is 0. The molecule has 0 unspecified atom stereocenters. The quantitative estimate of drug-likeness (QED) is 0.630. The van der Waals surface area contributed by atoms with Gasteiger partial charge in [0.25, 0.3) is 0 Å². The van der Waals surface area contributed by atoms with Crippen molar-refractivity contribution in [1.29, 1.82) is 0 Å². The number of piperidine rings is 1. The zero-order valence-electron chi connectivity index (χ0n) is 12.7. The molecule has 1 fully saturated rings. The van der Waals surface area contributed by atoms with Crippen molar-refractivity contribution in [1.82, 2.24) is 9.88 Å². The van der Waals surface area contributed by atoms with Crippen LogP contribution in [-0.2, 0) is 4.79 Å². The predicted molar refractivity (Wildman–Crippen MR) is 92.1 cm³/mol. The normalized spacial score (nSPS) is 19.5. The van der Waals surface area contributed by atoms with Crippen LogP contribution in [0.2, 0.25) is 0 Å². The van der Waals surface area contributed by atoms with Crippen molar-refractivity contribution in [2.24, 2.45) is 0 Å². The summed E-state index contributed by atoms with van der Waals surface area (Å²) in [7, 11) is 0. The Morgan fingerprint density at radius 1 is 1.36 bits per heavy atom. The lowest BCUT2D eigenvalue weighted by Gasteiger charge is -2.31. The van der Waals surface area contributed by atoms with Crippen LogP contribution in [0, 0.1) is 0 Å². The standard InChI is InChI=1S/C18H20N2OS/c1-2-3-4-11-17(21)20-12-7-8-14(13-20)18-19-15-9-5-6-10-16(15)22-18/h2-6,9-11,14H,7-8,12-13H2,1H3/b3-2+,11-4+/t14-/m1/s1. The number of hydrogen-bond acceptors (Lipinski definition) is 3. The summed E-state index contributed by atoms with van der Waals surface area (Å²) in [6, 6.07) is 8.24. The fourth-order valence-electron chi connectivity index (χ4n) is 2.80. The van der Waals surface area contributed by atoms with E-state index >= 15 is 0 Å². The number of benzene rings is 1. The first-order valence-corrected chi connectivity index (χ1v) is 8.53. The van der Waals surface area contributed by atoms with Crippen molar-refractivity contribution in [3.8, 4) is 0 Å². The first-order valence-electron chi connectivity index (χ1n) is 7.71. The van der Waals surface area contributed by atoms with Crippen LogP contribution in [-0.4, -0.2) is 28.9 Å². The lowest BCUT2D eigenvalue weighted by molar-refractivity contribution is -0.127. The Bertz CT molecular complexity index is 684. The molecular formula is C18H20N2OS. The minimum Gasteiger partial charge on any atom is -0.338 e. The van der Waals surface area contributed by atoms with Crippen LogP contribution in [0.1, 0.15) is 30.7 Å². The Hall–Kier alpha value is -1.94. The molecule has 1 aliphatic heterocycles. The van der Waals surface area contributed by atoms with Gasteiger partial charge in [-0.3, -0.25) is 4.79 Å². The molecule has 2 aromatic rings. The van der Waals surface area contributed by atoms with Crippen LogP contribution in [0.15, 0.2) is 48.6 Å². The molecule has 0 saturated carbocycles. The van der Waals surface area contributed by atoms with Gasteiger partial charge in [0.15, 0.2) is 0 Å². The van der Waals surface area contributed by atoms with Gasteiger partial charge in [-0.15, -0.1) is 11.3 Å². The zero-order valence-corrected chi connectivity index (χ0v) is 13.6. The Labute approximate surface area is 135 Å². The highest BCUT2D eigenvalue weighted by atomic mass is 32.1. The van der Waals surface area contributed by atoms with Gasteiger partial charge in [0.05, 0.1) is 15.2 Å². The van der Waals surface area contributed by atoms with Crippen molar-refractivity contribution in [2.75, 3.05) is 13.1 Å². The number of rotatable bonds is 3. The SMILES string of the molecule is C/C=C/C=C/C(=O)N1CCC[C@@H](c2nc3ccccc3s2)C1. The Kier molecular flexibility index (Phi) is 4.68. The number of allylic oxidation sites excluding steroid dienone is 3. The summed E-state index contributed by atoms with van der Waals surface area (Å²) in [6.45, 7) is 3.57. The lowest BCUT2D eigenvalue weighted by Crippen LogP contribution is -2.38. The summed E-state index contributed by atoms with van der Waals surface area (Å²) >= 11 is 1.76. The largest absolute Gasteiger partial charge is 0.338 e. The molecule has 114 valence electrons. The maximum atomic E-state index is 12.2. The summed E-state index contributed by atoms with van der Waals surface area (Å²) in [6.07, 6.45) is 9.42. The summed E-state index contributed by atoms with van der Waals surface area (Å²) in [5, 5.41) is 1.16. The van der Waals surface area contributed by atoms with Gasteiger partial charge in [-0.05, 0) is 31.9 Å². The van der Waals surface area contributed by atoms with E-state index in [1.807, 2.05) is 42.2 Å². The van der Waals surface area contributed by atoms with E-state index in [0.717, 1.165) is 36.5 Å². The number of nitrogens with zero attached hydrogens (tertiary/aromatic N) is 2. The van der Waals surface area contributed by atoms with Gasteiger partial charge in [0, 0.05) is 25.1 Å². The smallest absolute Gasteiger partial charge is 0.246 e. The summed E-state index contributed by atoms with van der Waals surface area (Å²) in [5.74, 6) is 0.467. The minimum atomic E-state index is 0.101. The van der Waals surface area contributed by atoms with Crippen molar-refractivity contribution in [3.63, 3.8) is 0 Å². The average molecular weight is 312 g/mol. The van der Waals surface area contributed by atoms with E-state index in [1.165, 1.54) is 4.70 Å². The molecule has 1 aromatic heterocycles. The third-order valence-electron chi connectivity index (χ3n) is 3.94. The first kappa shape index (κ1) is 15.0. The number of likely N-dealkylation sites (tertiary alicyclic amines) is 1. The van der Waals surface area contributed by atoms with Crippen molar-refractivity contribution < 1.29 is 4.79 Å². The Morgan fingerprint density at radius 3 is 3.05 bits per heavy atom. The molecule has 0 spiro atoms. The van der Waals surface area contributed by atoms with Crippen LogP contribution < -0.4 is 0 Å². The molecule has 1 atom stereocenters. The number of carbonyl (C=O) groups excluding carboxylic acids is 1. The lowest BCUT2D eigenvalue weighted by atomic mass is 9.98. The van der Waals surface area contributed by atoms with E-state index in [0.29, 0.717) is 5.92 Å². The van der Waals surface area contributed by atoms with E-state index in [4.69, 9.17) is 4.98 Å². The topological polar surface area (TPSA) is 33.2 Å². The highest BCUT2D eigenvalue weighted by Crippen LogP contribution is 2.32. The van der Waals surface area contributed by atoms with E-state index in [1.54, 1.807) is 17.4 Å². The van der Waals surface area contributed by atoms with Crippen LogP contribution in [0.25, 0.3) is 10.2 Å². The predicted octanol–water partition coefficient (Wildman–Crippen LogP) is 4.13. The molecule has 1 saturated heterocycles. The van der Waals surface area contributed by atoms with E-state index < -0.39 is 0 Å². The fraction of sp³-hybridized carbons (Fsp3) is 0.333. The van der Waals surface area contributed by atoms with Crippen molar-refractivity contribution in [3.05, 3.63) is 53.6 Å². The monoisotopic (exact) mass is 312 g/mol. The highest BCUT2D eigenvalue weighted by molar-refractivity contribution is 7.18. The van der Waals surface area contributed by atoms with Crippen LogP contribution >= 0.6 is 11.3 Å². The third-order valence-corrected chi connectivity index (χ3v) is 5.13. The van der Waals surface area contributed by atoms with E-state index in [2.05, 4.69) is 12.1 Å². The summed E-state index contributed by atoms with van der Waals surface area (Å²) < 4.78 is 1.23. The van der Waals surface area contributed by atoms with E-state index in [9.17, 15) is 4.79 Å². The van der Waals surface area contributed by atoms with Gasteiger partial charge in [-0.2, -0.15) is 0 Å². The highest BCUT2D eigenvalue weighted by Gasteiger charge is 2.25. The maximum Gasteiger partial charge on any atom is 0.246 e. The second-order valence-corrected chi connectivity index (χ2v) is 6.59. The molecule has 1 aliphatic rings. The molecule has 1 aromatic carbocycles. The Balaban J connectivity index is 1.73. The number of para-hydroxylation sites is 1. The number of aromatic nitrogens is 1. The number of carbonyl (C=O) groups is 1. The van der Waals surface area contributed by atoms with Gasteiger partial charge in [-0.1, -0.05) is 30.4 Å². The van der Waals surface area contributed by atoms with Crippen molar-refractivity contribution >= 4 is 27.5 Å². The fourth-order valence-corrected chi connectivity index (χ4v) is 3.89. The molecule has 0 N–H and O–H groups in total. The van der Waals surface area contributed by atoms with Crippen LogP contribution in [0.5, 0.6) is 0 Å². The van der Waals surface area contributed by atoms with Gasteiger partial charge >= 0.3 is 0 Å². The zero-order chi connectivity index (χ0) is 15.4. The van der Waals surface area contributed by atoms with Gasteiger partial charge in [-0.25, -0.2) is 4.98 Å². The second-order valence-electron chi connectivity index (χ2n) is 5.53. The molecule has 3 rings (SSSR count). The van der Waals surface area contributed by atoms with E-state index in [-0.39, 0.29) is 5.91 Å². The molecule has 0 radical (unpaired) electrons. The molecule has 4 heteroatoms. The second kappa shape index (κ2) is 6.88. The summed E-state index contributed by atoms with van der Waals surface area (Å²) in [5.41, 5.74) is 1.07. The number of amides is 1. The molecular weight excluding hydrogens is 292 g/mol. The number of fused-ring (bicyclic) bond motifs is 1. The molecule has 3 nitrogen and oxygen atoms in total. The van der Waals surface area contributed by atoms with Gasteiger partial charge < -0.3 is 4.90 Å². The molecule has 1 amide bonds. The minimum absolute atomic E-state index is 0.101. The molecule has 0 aliphatic carbocycles. The molecule has 22 heavy (non-hydrogen) atoms. The van der Waals surface area contributed by atoms with Crippen LogP contribution in [0.3, 0.4) is 0 Å². The van der Waals surface area contributed by atoms with Gasteiger partial charge in [0.2, 0.25) is 5.91 Å². The number of thiazole rings is 1. The van der Waals surface area contributed by atoms with Crippen LogP contribution in [0.4, 0.5) is 0 Å². The molecule has 0 bridgehead atoms. The molecule has 2 heterocycles.